The molecule has 7 amide bonds. The molecule has 0 radical (unpaired) electrons. The lowest BCUT2D eigenvalue weighted by atomic mass is 9.81. The summed E-state index contributed by atoms with van der Waals surface area (Å²) in [6.45, 7) is 2.81. The van der Waals surface area contributed by atoms with Crippen LogP contribution in [0.5, 0.6) is 0 Å². The lowest BCUT2D eigenvalue weighted by Crippen LogP contribution is -2.72. The quantitative estimate of drug-likeness (QED) is 0.0309. The van der Waals surface area contributed by atoms with Crippen molar-refractivity contribution >= 4 is 95.4 Å². The second-order valence-electron chi connectivity index (χ2n) is 29.2. The van der Waals surface area contributed by atoms with Gasteiger partial charge in [0.2, 0.25) is 55.5 Å². The molecule has 6 fully saturated rings. The minimum absolute atomic E-state index is 0.0690. The minimum Gasteiger partial charge on any atom is -0.385 e. The van der Waals surface area contributed by atoms with Crippen LogP contribution in [0.2, 0.25) is 0 Å². The zero-order valence-electron chi connectivity index (χ0n) is 62.4. The van der Waals surface area contributed by atoms with Crippen LogP contribution in [0.4, 0.5) is 24.5 Å². The summed E-state index contributed by atoms with van der Waals surface area (Å²) in [6.07, 6.45) is 4.42. The minimum atomic E-state index is -4.63. The number of aliphatic hydroxyl groups is 1. The van der Waals surface area contributed by atoms with Crippen molar-refractivity contribution in [3.63, 3.8) is 0 Å². The number of fused-ring (bicyclic) bond motifs is 2. The van der Waals surface area contributed by atoms with E-state index in [4.69, 9.17) is 0 Å². The van der Waals surface area contributed by atoms with E-state index in [0.29, 0.717) is 16.4 Å². The van der Waals surface area contributed by atoms with Crippen LogP contribution in [0, 0.1) is 21.0 Å². The molecule has 31 heteroatoms. The first kappa shape index (κ1) is 82.3. The Kier molecular flexibility index (Phi) is 26.4. The largest absolute Gasteiger partial charge is 0.385 e. The van der Waals surface area contributed by atoms with Crippen molar-refractivity contribution in [2.45, 2.75) is 153 Å². The van der Waals surface area contributed by atoms with Crippen LogP contribution in [-0.2, 0) is 48.8 Å². The molecule has 112 heavy (non-hydrogen) atoms. The second-order valence-corrected chi connectivity index (χ2v) is 34.4. The number of carbonyl (C=O) groups excluding carboxylic acids is 7. The van der Waals surface area contributed by atoms with Crippen LogP contribution < -0.4 is 42.5 Å². The van der Waals surface area contributed by atoms with Crippen LogP contribution in [0.15, 0.2) is 186 Å². The predicted octanol–water partition coefficient (Wildman–Crippen LogP) is 6.97. The Morgan fingerprint density at radius 1 is 0.545 bits per heavy atom. The molecule has 7 aromatic rings. The van der Waals surface area contributed by atoms with Gasteiger partial charge in [0.25, 0.3) is 5.91 Å². The Bertz CT molecular complexity index is 4520. The number of anilines is 2. The van der Waals surface area contributed by atoms with Gasteiger partial charge in [0.05, 0.1) is 64.0 Å². The highest BCUT2D eigenvalue weighted by Crippen LogP contribution is 2.38. The van der Waals surface area contributed by atoms with Gasteiger partial charge < -0.3 is 62.3 Å². The molecule has 594 valence electrons. The van der Waals surface area contributed by atoms with Gasteiger partial charge in [0, 0.05) is 47.9 Å². The highest BCUT2D eigenvalue weighted by Gasteiger charge is 2.52. The van der Waals surface area contributed by atoms with Gasteiger partial charge in [0.15, 0.2) is 11.6 Å². The summed E-state index contributed by atoms with van der Waals surface area (Å²) in [6, 6.07) is 40.2. The van der Waals surface area contributed by atoms with Crippen molar-refractivity contribution in [3.05, 3.63) is 225 Å². The molecular weight excluding hydrogens is 1600 g/mol. The lowest BCUT2D eigenvalue weighted by molar-refractivity contribution is -0.144. The molecule has 0 aliphatic carbocycles. The van der Waals surface area contributed by atoms with Gasteiger partial charge in [-0.05, 0) is 179 Å². The molecule has 0 aromatic heterocycles. The van der Waals surface area contributed by atoms with Crippen LogP contribution in [0.1, 0.15) is 116 Å². The SMILES string of the molecule is CNC(C)C(=O)NC1CN(S(=O)(=O)c2cccc(S(=O)(=O)N3CCC4CCC(C(=O)NC(c5ccccc5)c5ccccc5)N4C(=O)C(NC(=O)C(C)NC)C3)c2)CCC2CCC(C(=O)NC(c3ccccc3)c3ccccc3)N2C1=O.O=C(c1ccc(F)c(F)c1Nc1ccc(I)cc1F)N1CC(O)([C@@H]2CCCCN2)C1. The maximum atomic E-state index is 15.0. The number of benzene rings is 7. The smallest absolute Gasteiger partial charge is 0.256 e. The van der Waals surface area contributed by atoms with Gasteiger partial charge in [-0.1, -0.05) is 134 Å². The van der Waals surface area contributed by atoms with Crippen LogP contribution in [0.3, 0.4) is 0 Å². The van der Waals surface area contributed by atoms with Gasteiger partial charge >= 0.3 is 0 Å². The fourth-order valence-corrected chi connectivity index (χ4v) is 19.2. The van der Waals surface area contributed by atoms with Crippen molar-refractivity contribution in [1.29, 1.82) is 0 Å². The van der Waals surface area contributed by atoms with E-state index in [2.05, 4.69) is 42.5 Å². The number of sulfonamides is 2. The molecule has 6 saturated heterocycles. The summed E-state index contributed by atoms with van der Waals surface area (Å²) >= 11 is 1.93. The van der Waals surface area contributed by atoms with E-state index in [1.165, 1.54) is 51.1 Å². The molecule has 9 N–H and O–H groups in total. The third-order valence-corrected chi connectivity index (χ3v) is 26.5. The van der Waals surface area contributed by atoms with Crippen LogP contribution in [0.25, 0.3) is 0 Å². The van der Waals surface area contributed by atoms with E-state index >= 15 is 16.8 Å². The third-order valence-electron chi connectivity index (χ3n) is 22.1. The summed E-state index contributed by atoms with van der Waals surface area (Å²) in [4.78, 5) is 103. The Balaban J connectivity index is 0.000000322. The maximum Gasteiger partial charge on any atom is 0.256 e. The summed E-state index contributed by atoms with van der Waals surface area (Å²) in [5.41, 5.74) is 1.67. The van der Waals surface area contributed by atoms with E-state index in [0.717, 1.165) is 68.8 Å². The number of carbonyl (C=O) groups is 7. The standard InChI is InChI=1S/C60H72N10O10S2.C21H21F3IN3O2/c1-39(61-3)55(71)63-49-37-67(34-32-45-28-30-51(69(45)59(49)75)57(73)65-53(41-18-9-5-10-19-41)42-20-11-6-12-21-42)81(77,78)47-26-17-27-48(36-47)82(79,80)68-35-33-46-29-31-52(70(46)60(76)50(38-68)64-56(72)40(2)62-4)58(74)66-54(43-22-13-7-14-23-43)44-24-15-8-16-25-44;22-14-6-5-13(19(18(14)24)27-16-7-4-12(25)9-15(16)23)20(29)28-10-21(30,11-28)17-3-1-2-8-26-17/h5-27,36,39-40,45-46,49-54,61-62H,28-35,37-38H2,1-4H3,(H,63,71)(H,64,72)(H,65,73)(H,66,74);4-7,9,17,26-27,30H,1-3,8,10-11H2/t;17-/m.0/s1. The zero-order valence-corrected chi connectivity index (χ0v) is 66.2. The van der Waals surface area contributed by atoms with Crippen molar-refractivity contribution in [2.24, 2.45) is 0 Å². The van der Waals surface area contributed by atoms with E-state index < -0.39 is 173 Å². The number of likely N-dealkylation sites (N-methyl/N-ethyl adjacent to an activating group) is 2. The number of halogens is 4. The normalized spacial score (nSPS) is 22.1. The Hall–Kier alpha value is -9.19. The number of amides is 7. The fourth-order valence-electron chi connectivity index (χ4n) is 15.6. The lowest BCUT2D eigenvalue weighted by Gasteiger charge is -2.51. The summed E-state index contributed by atoms with van der Waals surface area (Å²) < 4.78 is 105. The van der Waals surface area contributed by atoms with E-state index in [1.54, 1.807) is 34.0 Å². The molecular formula is C81H93F3IN13O12S2. The first-order chi connectivity index (χ1) is 53.7. The van der Waals surface area contributed by atoms with Crippen molar-refractivity contribution in [1.82, 2.24) is 60.5 Å². The predicted molar refractivity (Wildman–Crippen MR) is 422 cm³/mol. The molecule has 0 spiro atoms. The van der Waals surface area contributed by atoms with Crippen LogP contribution >= 0.6 is 22.6 Å². The Morgan fingerprint density at radius 3 is 1.40 bits per heavy atom. The van der Waals surface area contributed by atoms with E-state index in [9.17, 15) is 51.8 Å². The first-order valence-corrected chi connectivity index (χ1v) is 41.6. The van der Waals surface area contributed by atoms with Crippen LogP contribution in [-0.4, -0.2) is 206 Å². The Morgan fingerprint density at radius 2 is 0.991 bits per heavy atom. The maximum absolute atomic E-state index is 15.0. The van der Waals surface area contributed by atoms with Crippen molar-refractivity contribution in [3.8, 4) is 0 Å². The summed E-state index contributed by atoms with van der Waals surface area (Å²) in [5.74, 6) is -6.86. The monoisotopic (exact) mass is 1690 g/mol. The molecule has 25 nitrogen and oxygen atoms in total. The molecule has 13 rings (SSSR count). The average molecular weight is 1690 g/mol. The second kappa shape index (κ2) is 35.9. The average Bonchev–Trinajstić information content (AvgIpc) is 1.50. The number of likely N-dealkylation sites (tertiary alicyclic amines) is 1. The van der Waals surface area contributed by atoms with Gasteiger partial charge in [-0.25, -0.2) is 30.0 Å². The molecule has 0 bridgehead atoms. The number of hydrogen-bond donors (Lipinski definition) is 9. The van der Waals surface area contributed by atoms with Crippen molar-refractivity contribution in [2.75, 3.05) is 65.2 Å². The molecule has 6 aliphatic heterocycles. The number of nitrogens with zero attached hydrogens (tertiary/aromatic N) is 5. The molecule has 6 heterocycles. The topological polar surface area (TPSA) is 320 Å². The van der Waals surface area contributed by atoms with Gasteiger partial charge in [-0.15, -0.1) is 0 Å². The third kappa shape index (κ3) is 18.2. The van der Waals surface area contributed by atoms with Gasteiger partial charge in [-0.3, -0.25) is 33.6 Å². The summed E-state index contributed by atoms with van der Waals surface area (Å²) in [5, 5.41) is 34.2. The molecule has 7 aromatic carbocycles. The molecule has 0 saturated carbocycles. The van der Waals surface area contributed by atoms with E-state index in [-0.39, 0.29) is 69.2 Å². The fraction of sp³-hybridized carbons (Fsp3) is 0.395. The first-order valence-electron chi connectivity index (χ1n) is 37.6. The zero-order chi connectivity index (χ0) is 79.8. The number of piperidine rings is 1. The molecule has 8 unspecified atom stereocenters. The van der Waals surface area contributed by atoms with Crippen molar-refractivity contribution < 1.29 is 68.7 Å². The van der Waals surface area contributed by atoms with Gasteiger partial charge in [0.1, 0.15) is 35.6 Å². The Labute approximate surface area is 663 Å². The molecule has 6 aliphatic rings. The summed E-state index contributed by atoms with van der Waals surface area (Å²) in [7, 11) is -6.13. The highest BCUT2D eigenvalue weighted by atomic mass is 127. The number of β-amino-alcohol motifs (C(OH)–C–C–N with tert-alkyl or cyclic N) is 1. The molecule has 9 atom stereocenters. The number of rotatable bonds is 22. The van der Waals surface area contributed by atoms with Gasteiger partial charge in [-0.2, -0.15) is 8.61 Å². The highest BCUT2D eigenvalue weighted by molar-refractivity contribution is 14.1. The van der Waals surface area contributed by atoms with E-state index in [1.807, 2.05) is 144 Å². The number of hydrogen-bond acceptors (Lipinski definition) is 16. The number of nitrogens with one attached hydrogen (secondary N) is 8.